The van der Waals surface area contributed by atoms with E-state index in [-0.39, 0.29) is 0 Å². The van der Waals surface area contributed by atoms with E-state index >= 15 is 0 Å². The fourth-order valence-electron chi connectivity index (χ4n) is 3.86. The smallest absolute Gasteiger partial charge is 0.243 e. The highest BCUT2D eigenvalue weighted by molar-refractivity contribution is 7.89. The van der Waals surface area contributed by atoms with E-state index in [0.29, 0.717) is 29.7 Å². The number of ether oxygens (including phenoxy) is 1. The summed E-state index contributed by atoms with van der Waals surface area (Å²) in [5.41, 5.74) is 1.21. The third-order valence-corrected chi connectivity index (χ3v) is 7.55. The van der Waals surface area contributed by atoms with Gasteiger partial charge in [-0.2, -0.15) is 4.31 Å². The molecule has 1 aliphatic heterocycles. The van der Waals surface area contributed by atoms with E-state index < -0.39 is 10.0 Å². The van der Waals surface area contributed by atoms with Crippen LogP contribution in [0.15, 0.2) is 65.8 Å². The van der Waals surface area contributed by atoms with Crippen molar-refractivity contribution in [1.29, 1.82) is 0 Å². The minimum absolute atomic E-state index is 0.310. The minimum atomic E-state index is -3.48. The van der Waals surface area contributed by atoms with Gasteiger partial charge in [0.15, 0.2) is 0 Å². The first-order chi connectivity index (χ1) is 14.6. The van der Waals surface area contributed by atoms with E-state index in [2.05, 4.69) is 26.9 Å². The van der Waals surface area contributed by atoms with Gasteiger partial charge in [-0.15, -0.1) is 10.2 Å². The maximum Gasteiger partial charge on any atom is 0.243 e. The van der Waals surface area contributed by atoms with Crippen LogP contribution in [-0.2, 0) is 23.0 Å². The molecule has 1 saturated heterocycles. The Morgan fingerprint density at radius 1 is 1.03 bits per heavy atom. The molecule has 0 spiro atoms. The summed E-state index contributed by atoms with van der Waals surface area (Å²) in [6, 6.07) is 16.8. The fourth-order valence-corrected chi connectivity index (χ4v) is 5.33. The van der Waals surface area contributed by atoms with Crippen LogP contribution in [0.2, 0.25) is 0 Å². The molecule has 8 heteroatoms. The number of hydrogen-bond acceptors (Lipinski definition) is 5. The average molecular weight is 427 g/mol. The molecule has 2 aromatic carbocycles. The van der Waals surface area contributed by atoms with E-state index in [1.807, 2.05) is 18.2 Å². The van der Waals surface area contributed by atoms with Crippen molar-refractivity contribution in [1.82, 2.24) is 19.1 Å². The molecule has 0 aliphatic carbocycles. The second-order valence-electron chi connectivity index (χ2n) is 7.59. The number of benzene rings is 2. The molecule has 0 atom stereocenters. The van der Waals surface area contributed by atoms with Gasteiger partial charge in [-0.25, -0.2) is 8.42 Å². The molecule has 0 saturated carbocycles. The molecule has 0 unspecified atom stereocenters. The van der Waals surface area contributed by atoms with Crippen molar-refractivity contribution in [3.63, 3.8) is 0 Å². The maximum absolute atomic E-state index is 12.9. The first-order valence-corrected chi connectivity index (χ1v) is 11.5. The van der Waals surface area contributed by atoms with Gasteiger partial charge in [0.2, 0.25) is 10.0 Å². The molecular weight excluding hydrogens is 400 g/mol. The monoisotopic (exact) mass is 426 g/mol. The fraction of sp³-hybridized carbons (Fsp3) is 0.364. The maximum atomic E-state index is 12.9. The zero-order valence-corrected chi connectivity index (χ0v) is 17.8. The predicted molar refractivity (Wildman–Crippen MR) is 114 cm³/mol. The van der Waals surface area contributed by atoms with Crippen molar-refractivity contribution >= 4 is 10.0 Å². The van der Waals surface area contributed by atoms with Gasteiger partial charge in [0.1, 0.15) is 17.9 Å². The molecule has 30 heavy (non-hydrogen) atoms. The first kappa shape index (κ1) is 20.6. The summed E-state index contributed by atoms with van der Waals surface area (Å²) >= 11 is 0. The van der Waals surface area contributed by atoms with Crippen LogP contribution < -0.4 is 4.74 Å². The Balaban J connectivity index is 1.37. The predicted octanol–water partition coefficient (Wildman–Crippen LogP) is 2.98. The van der Waals surface area contributed by atoms with Crippen molar-refractivity contribution in [3.05, 3.63) is 72.3 Å². The number of sulfonamides is 1. The van der Waals surface area contributed by atoms with Crippen molar-refractivity contribution in [2.24, 2.45) is 5.92 Å². The van der Waals surface area contributed by atoms with Crippen molar-refractivity contribution in [2.75, 3.05) is 20.2 Å². The zero-order chi connectivity index (χ0) is 21.0. The number of aromatic nitrogens is 3. The van der Waals surface area contributed by atoms with Gasteiger partial charge < -0.3 is 9.30 Å². The topological polar surface area (TPSA) is 77.3 Å². The minimum Gasteiger partial charge on any atom is -0.497 e. The molecule has 1 aromatic heterocycles. The van der Waals surface area contributed by atoms with E-state index in [0.717, 1.165) is 31.6 Å². The van der Waals surface area contributed by atoms with Crippen molar-refractivity contribution in [2.45, 2.75) is 30.7 Å². The highest BCUT2D eigenvalue weighted by Gasteiger charge is 2.30. The van der Waals surface area contributed by atoms with E-state index in [1.54, 1.807) is 42.0 Å². The summed E-state index contributed by atoms with van der Waals surface area (Å²) < 4.78 is 34.6. The Bertz CT molecular complexity index is 1060. The third kappa shape index (κ3) is 4.55. The largest absolute Gasteiger partial charge is 0.497 e. The second-order valence-corrected chi connectivity index (χ2v) is 9.53. The van der Waals surface area contributed by atoms with Crippen LogP contribution in [0.5, 0.6) is 5.75 Å². The lowest BCUT2D eigenvalue weighted by Gasteiger charge is -2.31. The van der Waals surface area contributed by atoms with Gasteiger partial charge in [0.25, 0.3) is 0 Å². The highest BCUT2D eigenvalue weighted by atomic mass is 32.2. The molecule has 1 aliphatic rings. The van der Waals surface area contributed by atoms with Gasteiger partial charge in [0.05, 0.1) is 18.6 Å². The molecule has 0 radical (unpaired) electrons. The SMILES string of the molecule is COc1ccc(S(=O)(=O)N2CCC(Cc3nncn3Cc3ccccc3)CC2)cc1. The lowest BCUT2D eigenvalue weighted by Crippen LogP contribution is -2.39. The molecule has 158 valence electrons. The first-order valence-electron chi connectivity index (χ1n) is 10.1. The van der Waals surface area contributed by atoms with Crippen LogP contribution in [0, 0.1) is 5.92 Å². The third-order valence-electron chi connectivity index (χ3n) is 5.63. The van der Waals surface area contributed by atoms with Crippen LogP contribution in [0.3, 0.4) is 0 Å². The average Bonchev–Trinajstić information content (AvgIpc) is 3.21. The zero-order valence-electron chi connectivity index (χ0n) is 17.0. The molecule has 0 bridgehead atoms. The van der Waals surface area contributed by atoms with Crippen molar-refractivity contribution < 1.29 is 13.2 Å². The summed E-state index contributed by atoms with van der Waals surface area (Å²) in [5, 5.41) is 8.40. The van der Waals surface area contributed by atoms with Crippen LogP contribution in [0.1, 0.15) is 24.2 Å². The summed E-state index contributed by atoms with van der Waals surface area (Å²) in [7, 11) is -1.91. The lowest BCUT2D eigenvalue weighted by molar-refractivity contribution is 0.269. The standard InChI is InChI=1S/C22H26N4O3S/c1-29-20-7-9-21(10-8-20)30(27,28)26-13-11-18(12-14-26)15-22-24-23-17-25(22)16-19-5-3-2-4-6-19/h2-10,17-18H,11-16H2,1H3. The van der Waals surface area contributed by atoms with E-state index in [9.17, 15) is 8.42 Å². The number of rotatable bonds is 7. The van der Waals surface area contributed by atoms with Crippen LogP contribution >= 0.6 is 0 Å². The quantitative estimate of drug-likeness (QED) is 0.580. The number of nitrogens with zero attached hydrogens (tertiary/aromatic N) is 4. The van der Waals surface area contributed by atoms with Gasteiger partial charge >= 0.3 is 0 Å². The van der Waals surface area contributed by atoms with Gasteiger partial charge in [-0.05, 0) is 48.6 Å². The summed E-state index contributed by atoms with van der Waals surface area (Å²) in [6.45, 7) is 1.78. The Labute approximate surface area is 177 Å². The molecular formula is C22H26N4O3S. The molecule has 7 nitrogen and oxygen atoms in total. The number of hydrogen-bond donors (Lipinski definition) is 0. The summed E-state index contributed by atoms with van der Waals surface area (Å²) in [5.74, 6) is 1.99. The molecule has 0 N–H and O–H groups in total. The molecule has 0 amide bonds. The van der Waals surface area contributed by atoms with Crippen LogP contribution in [0.4, 0.5) is 0 Å². The summed E-state index contributed by atoms with van der Waals surface area (Å²) in [6.07, 6.45) is 4.20. The normalized spacial score (nSPS) is 15.9. The lowest BCUT2D eigenvalue weighted by atomic mass is 9.94. The highest BCUT2D eigenvalue weighted by Crippen LogP contribution is 2.26. The Morgan fingerprint density at radius 2 is 1.73 bits per heavy atom. The summed E-state index contributed by atoms with van der Waals surface area (Å²) in [4.78, 5) is 0.310. The number of piperidine rings is 1. The van der Waals surface area contributed by atoms with Crippen LogP contribution in [-0.4, -0.2) is 47.7 Å². The van der Waals surface area contributed by atoms with E-state index in [1.165, 1.54) is 5.56 Å². The molecule has 1 fully saturated rings. The van der Waals surface area contributed by atoms with Crippen molar-refractivity contribution in [3.8, 4) is 5.75 Å². The molecule has 2 heterocycles. The Morgan fingerprint density at radius 3 is 2.40 bits per heavy atom. The molecule has 4 rings (SSSR count). The Kier molecular flexibility index (Phi) is 6.15. The van der Waals surface area contributed by atoms with Gasteiger partial charge in [0, 0.05) is 19.5 Å². The van der Waals surface area contributed by atoms with Gasteiger partial charge in [-0.3, -0.25) is 0 Å². The van der Waals surface area contributed by atoms with E-state index in [4.69, 9.17) is 4.74 Å². The van der Waals surface area contributed by atoms with Gasteiger partial charge in [-0.1, -0.05) is 30.3 Å². The number of methoxy groups -OCH3 is 1. The molecule has 3 aromatic rings. The van der Waals surface area contributed by atoms with Crippen LogP contribution in [0.25, 0.3) is 0 Å². The Hall–Kier alpha value is -2.71. The second kappa shape index (κ2) is 8.97.